The van der Waals surface area contributed by atoms with Gasteiger partial charge in [-0.25, -0.2) is 4.79 Å². The van der Waals surface area contributed by atoms with Crippen LogP contribution in [0.5, 0.6) is 5.75 Å². The molecule has 0 aromatic heterocycles. The second-order valence-corrected chi connectivity index (χ2v) is 4.23. The third-order valence-electron chi connectivity index (χ3n) is 2.66. The number of hydrogen-bond acceptors (Lipinski definition) is 3. The monoisotopic (exact) mass is 281 g/mol. The van der Waals surface area contributed by atoms with E-state index in [0.717, 1.165) is 5.56 Å². The lowest BCUT2D eigenvalue weighted by atomic mass is 10.2. The summed E-state index contributed by atoms with van der Waals surface area (Å²) in [7, 11) is 0. The lowest BCUT2D eigenvalue weighted by Gasteiger charge is -2.04. The van der Waals surface area contributed by atoms with E-state index in [4.69, 9.17) is 4.74 Å². The van der Waals surface area contributed by atoms with Gasteiger partial charge in [-0.3, -0.25) is 0 Å². The number of aromatic hydroxyl groups is 1. The quantitative estimate of drug-likeness (QED) is 0.850. The summed E-state index contributed by atoms with van der Waals surface area (Å²) in [5, 5.41) is 12.0. The third-order valence-corrected chi connectivity index (χ3v) is 2.66. The molecule has 0 saturated carbocycles. The van der Waals surface area contributed by atoms with Gasteiger partial charge in [0, 0.05) is 0 Å². The molecule has 106 valence electrons. The van der Waals surface area contributed by atoms with Crippen molar-refractivity contribution in [2.45, 2.75) is 6.61 Å². The predicted octanol–water partition coefficient (Wildman–Crippen LogP) is 2.67. The van der Waals surface area contributed by atoms with Gasteiger partial charge in [0.1, 0.15) is 12.4 Å². The zero-order chi connectivity index (χ0) is 14.9. The lowest BCUT2D eigenvalue weighted by Crippen LogP contribution is -2.24. The Morgan fingerprint density at radius 3 is 2.57 bits per heavy atom. The van der Waals surface area contributed by atoms with Gasteiger partial charge in [0.05, 0.1) is 12.1 Å². The Morgan fingerprint density at radius 2 is 1.81 bits per heavy atom. The fourth-order valence-corrected chi connectivity index (χ4v) is 1.61. The Kier molecular flexibility index (Phi) is 5.25. The van der Waals surface area contributed by atoms with E-state index >= 15 is 0 Å². The van der Waals surface area contributed by atoms with Crippen LogP contribution in [0.25, 0.3) is 0 Å². The molecular weight excluding hydrogens is 266 g/mol. The molecule has 1 amide bonds. The van der Waals surface area contributed by atoms with Gasteiger partial charge in [-0.2, -0.15) is 0 Å². The molecule has 0 saturated heterocycles. The lowest BCUT2D eigenvalue weighted by molar-refractivity contribution is 0.141. The fraction of sp³-hybridized carbons (Fsp3) is 0.118. The Morgan fingerprint density at radius 1 is 1.10 bits per heavy atom. The van der Waals surface area contributed by atoms with Crippen LogP contribution >= 0.6 is 0 Å². The molecule has 0 unspecified atom stereocenters. The van der Waals surface area contributed by atoms with E-state index in [2.05, 4.69) is 17.2 Å². The molecule has 0 heterocycles. The maximum atomic E-state index is 11.4. The number of rotatable bonds is 3. The maximum Gasteiger partial charge on any atom is 0.408 e. The fourth-order valence-electron chi connectivity index (χ4n) is 1.61. The van der Waals surface area contributed by atoms with Gasteiger partial charge in [-0.05, 0) is 17.7 Å². The van der Waals surface area contributed by atoms with Crippen molar-refractivity contribution in [3.05, 3.63) is 65.7 Å². The zero-order valence-electron chi connectivity index (χ0n) is 11.4. The standard InChI is InChI=1S/C17H15NO3/c19-16-11-5-4-9-15(16)10-6-12-18-17(20)21-13-14-7-2-1-3-8-14/h1-5,7-9,11,19H,12-13H2,(H,18,20). The highest BCUT2D eigenvalue weighted by Gasteiger charge is 2.00. The van der Waals surface area contributed by atoms with Crippen molar-refractivity contribution >= 4 is 6.09 Å². The van der Waals surface area contributed by atoms with Crippen molar-refractivity contribution < 1.29 is 14.6 Å². The van der Waals surface area contributed by atoms with E-state index in [1.807, 2.05) is 30.3 Å². The number of para-hydroxylation sites is 1. The predicted molar refractivity (Wildman–Crippen MR) is 79.6 cm³/mol. The summed E-state index contributed by atoms with van der Waals surface area (Å²) in [6.07, 6.45) is -0.523. The number of carbonyl (C=O) groups is 1. The summed E-state index contributed by atoms with van der Waals surface area (Å²) in [4.78, 5) is 11.4. The SMILES string of the molecule is O=C(NCC#Cc1ccccc1O)OCc1ccccc1. The number of nitrogens with one attached hydrogen (secondary N) is 1. The summed E-state index contributed by atoms with van der Waals surface area (Å²) in [5.74, 6) is 5.64. The van der Waals surface area contributed by atoms with Gasteiger partial charge < -0.3 is 15.2 Å². The molecule has 0 aliphatic rings. The van der Waals surface area contributed by atoms with Crippen LogP contribution in [0.1, 0.15) is 11.1 Å². The van der Waals surface area contributed by atoms with E-state index in [1.165, 1.54) is 0 Å². The first-order valence-electron chi connectivity index (χ1n) is 6.47. The van der Waals surface area contributed by atoms with E-state index < -0.39 is 6.09 Å². The number of phenolic OH excluding ortho intramolecular Hbond substituents is 1. The number of amides is 1. The molecule has 4 heteroatoms. The molecule has 0 aliphatic carbocycles. The van der Waals surface area contributed by atoms with Crippen LogP contribution in [0.4, 0.5) is 4.79 Å². The average Bonchev–Trinajstić information content (AvgIpc) is 2.52. The smallest absolute Gasteiger partial charge is 0.408 e. The van der Waals surface area contributed by atoms with Gasteiger partial charge in [0.25, 0.3) is 0 Å². The van der Waals surface area contributed by atoms with Crippen LogP contribution in [0.15, 0.2) is 54.6 Å². The highest BCUT2D eigenvalue weighted by atomic mass is 16.5. The van der Waals surface area contributed by atoms with E-state index in [1.54, 1.807) is 24.3 Å². The van der Waals surface area contributed by atoms with Gasteiger partial charge >= 0.3 is 6.09 Å². The van der Waals surface area contributed by atoms with Crippen molar-refractivity contribution in [3.8, 4) is 17.6 Å². The Labute approximate surface area is 123 Å². The Bertz CT molecular complexity index is 656. The molecule has 4 nitrogen and oxygen atoms in total. The normalized spacial score (nSPS) is 9.33. The molecule has 2 aromatic rings. The molecule has 2 aromatic carbocycles. The average molecular weight is 281 g/mol. The minimum Gasteiger partial charge on any atom is -0.507 e. The van der Waals surface area contributed by atoms with Crippen LogP contribution in [-0.4, -0.2) is 17.7 Å². The molecule has 0 aliphatic heterocycles. The summed E-state index contributed by atoms with van der Waals surface area (Å²) in [5.41, 5.74) is 1.45. The van der Waals surface area contributed by atoms with E-state index in [0.29, 0.717) is 5.56 Å². The molecule has 0 spiro atoms. The Balaban J connectivity index is 1.74. The minimum atomic E-state index is -0.523. The topological polar surface area (TPSA) is 58.6 Å². The minimum absolute atomic E-state index is 0.122. The van der Waals surface area contributed by atoms with Crippen molar-refractivity contribution in [1.29, 1.82) is 0 Å². The largest absolute Gasteiger partial charge is 0.507 e. The van der Waals surface area contributed by atoms with Gasteiger partial charge in [0.15, 0.2) is 0 Å². The van der Waals surface area contributed by atoms with Gasteiger partial charge in [-0.15, -0.1) is 0 Å². The van der Waals surface area contributed by atoms with E-state index in [-0.39, 0.29) is 18.9 Å². The number of benzene rings is 2. The zero-order valence-corrected chi connectivity index (χ0v) is 11.4. The summed E-state index contributed by atoms with van der Waals surface area (Å²) in [6.45, 7) is 0.377. The molecular formula is C17H15NO3. The number of phenols is 1. The number of ether oxygens (including phenoxy) is 1. The molecule has 2 rings (SSSR count). The Hall–Kier alpha value is -2.93. The summed E-state index contributed by atoms with van der Waals surface area (Å²) < 4.78 is 5.04. The molecule has 2 N–H and O–H groups in total. The molecule has 0 atom stereocenters. The second kappa shape index (κ2) is 7.61. The van der Waals surface area contributed by atoms with E-state index in [9.17, 15) is 9.90 Å². The van der Waals surface area contributed by atoms with Crippen LogP contribution in [0.3, 0.4) is 0 Å². The van der Waals surface area contributed by atoms with Crippen LogP contribution in [0.2, 0.25) is 0 Å². The first-order valence-corrected chi connectivity index (χ1v) is 6.47. The van der Waals surface area contributed by atoms with Crippen LogP contribution < -0.4 is 5.32 Å². The van der Waals surface area contributed by atoms with Gasteiger partial charge in [0.2, 0.25) is 0 Å². The second-order valence-electron chi connectivity index (χ2n) is 4.23. The van der Waals surface area contributed by atoms with Crippen molar-refractivity contribution in [2.75, 3.05) is 6.54 Å². The number of hydrogen-bond donors (Lipinski definition) is 2. The summed E-state index contributed by atoms with van der Waals surface area (Å²) in [6, 6.07) is 16.2. The van der Waals surface area contributed by atoms with Crippen molar-refractivity contribution in [2.24, 2.45) is 0 Å². The number of alkyl carbamates (subject to hydrolysis) is 1. The van der Waals surface area contributed by atoms with Crippen molar-refractivity contribution in [3.63, 3.8) is 0 Å². The summed E-state index contributed by atoms with van der Waals surface area (Å²) >= 11 is 0. The highest BCUT2D eigenvalue weighted by molar-refractivity contribution is 5.67. The molecule has 21 heavy (non-hydrogen) atoms. The molecule has 0 fully saturated rings. The van der Waals surface area contributed by atoms with Gasteiger partial charge in [-0.1, -0.05) is 54.3 Å². The first kappa shape index (κ1) is 14.5. The maximum absolute atomic E-state index is 11.4. The van der Waals surface area contributed by atoms with Crippen molar-refractivity contribution in [1.82, 2.24) is 5.32 Å². The third kappa shape index (κ3) is 4.92. The first-order chi connectivity index (χ1) is 10.3. The highest BCUT2D eigenvalue weighted by Crippen LogP contribution is 2.13. The van der Waals surface area contributed by atoms with Crippen LogP contribution in [0, 0.1) is 11.8 Å². The molecule has 0 radical (unpaired) electrons. The van der Waals surface area contributed by atoms with Crippen LogP contribution in [-0.2, 0) is 11.3 Å². The molecule has 0 bridgehead atoms. The number of carbonyl (C=O) groups excluding carboxylic acids is 1.